The molecule has 1 saturated heterocycles. The molecular formula is C13H24N2O2. The van der Waals surface area contributed by atoms with E-state index in [0.29, 0.717) is 19.6 Å². The molecule has 0 aromatic rings. The van der Waals surface area contributed by atoms with E-state index in [9.17, 15) is 4.79 Å². The molecule has 1 heterocycles. The van der Waals surface area contributed by atoms with Crippen molar-refractivity contribution in [1.29, 1.82) is 0 Å². The molecule has 0 bridgehead atoms. The first-order valence-electron chi connectivity index (χ1n) is 6.56. The van der Waals surface area contributed by atoms with Crippen LogP contribution in [0.1, 0.15) is 40.0 Å². The lowest BCUT2D eigenvalue weighted by Gasteiger charge is -2.48. The highest BCUT2D eigenvalue weighted by molar-refractivity contribution is 5.84. The van der Waals surface area contributed by atoms with Crippen molar-refractivity contribution in [2.45, 2.75) is 51.7 Å². The second kappa shape index (κ2) is 4.25. The van der Waals surface area contributed by atoms with Crippen molar-refractivity contribution in [3.63, 3.8) is 0 Å². The van der Waals surface area contributed by atoms with E-state index in [4.69, 9.17) is 10.5 Å². The molecule has 4 heteroatoms. The molecule has 2 fully saturated rings. The third kappa shape index (κ3) is 2.33. The normalized spacial score (nSPS) is 30.8. The lowest BCUT2D eigenvalue weighted by Crippen LogP contribution is -2.60. The monoisotopic (exact) mass is 240 g/mol. The van der Waals surface area contributed by atoms with Gasteiger partial charge in [-0.15, -0.1) is 0 Å². The third-order valence-corrected chi connectivity index (χ3v) is 4.01. The number of hydrogen-bond acceptors (Lipinski definition) is 3. The summed E-state index contributed by atoms with van der Waals surface area (Å²) in [5.74, 6) is 0.245. The van der Waals surface area contributed by atoms with Gasteiger partial charge in [-0.3, -0.25) is 4.79 Å². The van der Waals surface area contributed by atoms with Crippen LogP contribution in [0.3, 0.4) is 0 Å². The maximum Gasteiger partial charge on any atom is 0.230 e. The second-order valence-corrected chi connectivity index (χ2v) is 6.21. The van der Waals surface area contributed by atoms with Crippen LogP contribution in [0, 0.1) is 5.41 Å². The smallest absolute Gasteiger partial charge is 0.230 e. The van der Waals surface area contributed by atoms with Crippen LogP contribution in [-0.4, -0.2) is 42.1 Å². The lowest BCUT2D eigenvalue weighted by molar-refractivity contribution is -0.170. The van der Waals surface area contributed by atoms with Crippen LogP contribution < -0.4 is 5.73 Å². The summed E-state index contributed by atoms with van der Waals surface area (Å²) in [5, 5.41) is 0. The first kappa shape index (κ1) is 12.8. The summed E-state index contributed by atoms with van der Waals surface area (Å²) in [6.45, 7) is 7.97. The van der Waals surface area contributed by atoms with Gasteiger partial charge in [0.15, 0.2) is 0 Å². The zero-order chi connectivity index (χ0) is 12.7. The van der Waals surface area contributed by atoms with E-state index in [1.165, 1.54) is 0 Å². The molecule has 1 aliphatic carbocycles. The van der Waals surface area contributed by atoms with Crippen LogP contribution in [-0.2, 0) is 9.53 Å². The number of carbonyl (C=O) groups excluding carboxylic acids is 1. The number of nitrogens with two attached hydrogens (primary N) is 1. The number of amides is 1. The minimum atomic E-state index is -0.257. The highest BCUT2D eigenvalue weighted by Crippen LogP contribution is 2.42. The van der Waals surface area contributed by atoms with Gasteiger partial charge in [0, 0.05) is 19.6 Å². The number of hydrogen-bond donors (Lipinski definition) is 1. The van der Waals surface area contributed by atoms with Gasteiger partial charge in [-0.2, -0.15) is 0 Å². The molecule has 98 valence electrons. The molecule has 0 radical (unpaired) electrons. The Hall–Kier alpha value is -0.610. The fourth-order valence-electron chi connectivity index (χ4n) is 3.05. The Bertz CT molecular complexity index is 305. The first-order chi connectivity index (χ1) is 7.88. The lowest BCUT2D eigenvalue weighted by atomic mass is 9.67. The third-order valence-electron chi connectivity index (χ3n) is 4.01. The molecule has 0 aromatic heterocycles. The summed E-state index contributed by atoms with van der Waals surface area (Å²) >= 11 is 0. The van der Waals surface area contributed by atoms with Gasteiger partial charge in [0.05, 0.1) is 17.1 Å². The second-order valence-electron chi connectivity index (χ2n) is 6.21. The molecule has 2 rings (SSSR count). The van der Waals surface area contributed by atoms with Crippen LogP contribution in [0.15, 0.2) is 0 Å². The first-order valence-corrected chi connectivity index (χ1v) is 6.56. The van der Waals surface area contributed by atoms with Crippen molar-refractivity contribution in [2.24, 2.45) is 11.1 Å². The predicted molar refractivity (Wildman–Crippen MR) is 66.5 cm³/mol. The van der Waals surface area contributed by atoms with E-state index in [-0.39, 0.29) is 23.0 Å². The maximum atomic E-state index is 12.6. The molecule has 1 amide bonds. The van der Waals surface area contributed by atoms with Crippen molar-refractivity contribution >= 4 is 5.91 Å². The van der Waals surface area contributed by atoms with Gasteiger partial charge in [-0.25, -0.2) is 0 Å². The molecular weight excluding hydrogens is 216 g/mol. The Morgan fingerprint density at radius 2 is 2.12 bits per heavy atom. The maximum absolute atomic E-state index is 12.6. The van der Waals surface area contributed by atoms with E-state index in [2.05, 4.69) is 0 Å². The zero-order valence-electron chi connectivity index (χ0n) is 11.2. The number of nitrogens with zero attached hydrogens (tertiary/aromatic N) is 1. The molecule has 0 spiro atoms. The molecule has 1 aliphatic heterocycles. The highest BCUT2D eigenvalue weighted by atomic mass is 16.5. The van der Waals surface area contributed by atoms with Crippen LogP contribution in [0.4, 0.5) is 0 Å². The van der Waals surface area contributed by atoms with E-state index in [1.54, 1.807) is 0 Å². The van der Waals surface area contributed by atoms with Crippen molar-refractivity contribution in [3.8, 4) is 0 Å². The van der Waals surface area contributed by atoms with Gasteiger partial charge >= 0.3 is 0 Å². The van der Waals surface area contributed by atoms with E-state index in [0.717, 1.165) is 19.3 Å². The van der Waals surface area contributed by atoms with Crippen molar-refractivity contribution in [3.05, 3.63) is 0 Å². The van der Waals surface area contributed by atoms with Gasteiger partial charge in [0.2, 0.25) is 5.91 Å². The molecule has 1 unspecified atom stereocenters. The summed E-state index contributed by atoms with van der Waals surface area (Å²) in [6.07, 6.45) is 3.15. The zero-order valence-corrected chi connectivity index (χ0v) is 11.2. The van der Waals surface area contributed by atoms with E-state index < -0.39 is 0 Å². The van der Waals surface area contributed by atoms with Crippen molar-refractivity contribution in [2.75, 3.05) is 19.6 Å². The average molecular weight is 240 g/mol. The summed E-state index contributed by atoms with van der Waals surface area (Å²) < 4.78 is 5.83. The fraction of sp³-hybridized carbons (Fsp3) is 0.923. The van der Waals surface area contributed by atoms with E-state index >= 15 is 0 Å². The Balaban J connectivity index is 2.09. The quantitative estimate of drug-likeness (QED) is 0.787. The Morgan fingerprint density at radius 3 is 2.53 bits per heavy atom. The molecule has 0 aromatic carbocycles. The Labute approximate surface area is 103 Å². The standard InChI is InChI=1S/C13H24N2O2/c1-10-7-15(9-12(2,3)17-10)11(16)13(8-14)5-4-6-13/h10H,4-9,14H2,1-3H3. The number of carbonyl (C=O) groups is 1. The van der Waals surface area contributed by atoms with Crippen LogP contribution >= 0.6 is 0 Å². The largest absolute Gasteiger partial charge is 0.369 e. The molecule has 2 aliphatic rings. The Kier molecular flexibility index (Phi) is 3.21. The summed E-state index contributed by atoms with van der Waals surface area (Å²) in [4.78, 5) is 14.5. The molecule has 4 nitrogen and oxygen atoms in total. The van der Waals surface area contributed by atoms with Crippen molar-refractivity contribution < 1.29 is 9.53 Å². The van der Waals surface area contributed by atoms with Crippen LogP contribution in [0.5, 0.6) is 0 Å². The molecule has 1 atom stereocenters. The number of ether oxygens (including phenoxy) is 1. The van der Waals surface area contributed by atoms with Gasteiger partial charge < -0.3 is 15.4 Å². The number of rotatable bonds is 2. The fourth-order valence-corrected chi connectivity index (χ4v) is 3.05. The van der Waals surface area contributed by atoms with Gasteiger partial charge in [-0.05, 0) is 33.6 Å². The summed E-state index contributed by atoms with van der Waals surface area (Å²) in [7, 11) is 0. The molecule has 1 saturated carbocycles. The van der Waals surface area contributed by atoms with Gasteiger partial charge in [0.25, 0.3) is 0 Å². The highest BCUT2D eigenvalue weighted by Gasteiger charge is 2.47. The summed E-state index contributed by atoms with van der Waals surface area (Å²) in [6, 6.07) is 0. The van der Waals surface area contributed by atoms with Gasteiger partial charge in [-0.1, -0.05) is 6.42 Å². The van der Waals surface area contributed by atoms with E-state index in [1.807, 2.05) is 25.7 Å². The number of morpholine rings is 1. The van der Waals surface area contributed by atoms with Crippen LogP contribution in [0.2, 0.25) is 0 Å². The van der Waals surface area contributed by atoms with Crippen molar-refractivity contribution in [1.82, 2.24) is 4.90 Å². The van der Waals surface area contributed by atoms with Crippen LogP contribution in [0.25, 0.3) is 0 Å². The van der Waals surface area contributed by atoms with Gasteiger partial charge in [0.1, 0.15) is 0 Å². The summed E-state index contributed by atoms with van der Waals surface area (Å²) in [5.41, 5.74) is 5.30. The molecule has 17 heavy (non-hydrogen) atoms. The predicted octanol–water partition coefficient (Wildman–Crippen LogP) is 1.14. The SMILES string of the molecule is CC1CN(C(=O)C2(CN)CCC2)CC(C)(C)O1. The minimum absolute atomic E-state index is 0.109. The molecule has 2 N–H and O–H groups in total. The minimum Gasteiger partial charge on any atom is -0.369 e. The average Bonchev–Trinajstić information content (AvgIpc) is 2.13. The topological polar surface area (TPSA) is 55.6 Å². The Morgan fingerprint density at radius 1 is 1.47 bits per heavy atom.